The van der Waals surface area contributed by atoms with Crippen molar-refractivity contribution in [3.63, 3.8) is 0 Å². The number of alkyl halides is 3. The Morgan fingerprint density at radius 2 is 2.05 bits per heavy atom. The molecule has 0 fully saturated rings. The van der Waals surface area contributed by atoms with Gasteiger partial charge in [-0.1, -0.05) is 22.0 Å². The van der Waals surface area contributed by atoms with Gasteiger partial charge >= 0.3 is 6.18 Å². The van der Waals surface area contributed by atoms with Crippen LogP contribution in [0, 0.1) is 6.92 Å². The van der Waals surface area contributed by atoms with Gasteiger partial charge in [-0.05, 0) is 30.2 Å². The zero-order chi connectivity index (χ0) is 14.2. The minimum atomic E-state index is -4.48. The maximum Gasteiger partial charge on any atom is 0.443 e. The molecule has 0 radical (unpaired) electrons. The summed E-state index contributed by atoms with van der Waals surface area (Å²) in [5.74, 6) is 0. The van der Waals surface area contributed by atoms with Gasteiger partial charge in [0.25, 0.3) is 0 Å². The normalized spacial score (nSPS) is 13.6. The molecule has 2 rings (SSSR count). The predicted octanol–water partition coefficient (Wildman–Crippen LogP) is 4.31. The second-order valence-corrected chi connectivity index (χ2v) is 5.95. The van der Waals surface area contributed by atoms with Crippen LogP contribution in [0.1, 0.15) is 27.1 Å². The second kappa shape index (κ2) is 5.22. The average molecular weight is 352 g/mol. The van der Waals surface area contributed by atoms with Crippen LogP contribution in [0.4, 0.5) is 13.2 Å². The van der Waals surface area contributed by atoms with Crippen molar-refractivity contribution in [1.82, 2.24) is 4.98 Å². The lowest BCUT2D eigenvalue weighted by molar-refractivity contribution is -0.137. The Morgan fingerprint density at radius 1 is 1.37 bits per heavy atom. The molecule has 0 aliphatic heterocycles. The van der Waals surface area contributed by atoms with Crippen molar-refractivity contribution in [3.05, 3.63) is 49.9 Å². The number of nitrogens with zero attached hydrogens (tertiary/aromatic N) is 1. The Labute approximate surface area is 120 Å². The summed E-state index contributed by atoms with van der Waals surface area (Å²) in [5, 5.41) is 9.21. The summed E-state index contributed by atoms with van der Waals surface area (Å²) < 4.78 is 38.2. The van der Waals surface area contributed by atoms with Crippen LogP contribution >= 0.6 is 27.3 Å². The fraction of sp³-hybridized carbons (Fsp3) is 0.250. The van der Waals surface area contributed by atoms with Crippen LogP contribution < -0.4 is 0 Å². The molecule has 0 amide bonds. The molecule has 2 nitrogen and oxygen atoms in total. The first-order valence-corrected chi connectivity index (χ1v) is 6.87. The number of aryl methyl sites for hydroxylation is 1. The van der Waals surface area contributed by atoms with Crippen LogP contribution in [0.15, 0.2) is 28.9 Å². The van der Waals surface area contributed by atoms with Gasteiger partial charge in [-0.2, -0.15) is 13.2 Å². The average Bonchev–Trinajstić information content (AvgIpc) is 2.80. The molecule has 0 saturated carbocycles. The van der Waals surface area contributed by atoms with Crippen LogP contribution in [0.25, 0.3) is 0 Å². The Bertz CT molecular complexity index is 597. The number of rotatable bonds is 2. The molecule has 0 saturated heterocycles. The number of hydrogen-bond donors (Lipinski definition) is 1. The molecule has 0 aliphatic rings. The summed E-state index contributed by atoms with van der Waals surface area (Å²) >= 11 is 3.73. The van der Waals surface area contributed by atoms with Gasteiger partial charge in [0.05, 0.1) is 4.88 Å². The summed E-state index contributed by atoms with van der Waals surface area (Å²) in [6, 6.07) is 5.28. The van der Waals surface area contributed by atoms with Crippen molar-refractivity contribution in [1.29, 1.82) is 0 Å². The van der Waals surface area contributed by atoms with E-state index in [2.05, 4.69) is 20.9 Å². The molecule has 7 heteroatoms. The molecule has 0 bridgehead atoms. The lowest BCUT2D eigenvalue weighted by Crippen LogP contribution is -2.03. The van der Waals surface area contributed by atoms with E-state index in [1.807, 2.05) is 0 Å². The fourth-order valence-corrected chi connectivity index (χ4v) is 2.77. The van der Waals surface area contributed by atoms with Crippen molar-refractivity contribution < 1.29 is 18.3 Å². The maximum absolute atomic E-state index is 12.5. The smallest absolute Gasteiger partial charge is 0.383 e. The van der Waals surface area contributed by atoms with Gasteiger partial charge in [0.2, 0.25) is 0 Å². The predicted molar refractivity (Wildman–Crippen MR) is 70.1 cm³/mol. The summed E-state index contributed by atoms with van der Waals surface area (Å²) in [6.07, 6.45) is -4.51. The molecule has 1 heterocycles. The van der Waals surface area contributed by atoms with Crippen LogP contribution in [-0.2, 0) is 6.18 Å². The Kier molecular flexibility index (Phi) is 3.98. The highest BCUT2D eigenvalue weighted by Crippen LogP contribution is 2.36. The van der Waals surface area contributed by atoms with Gasteiger partial charge in [0.1, 0.15) is 6.10 Å². The molecule has 1 aromatic heterocycles. The molecular formula is C12H9BrF3NOS. The number of thiazole rings is 1. The number of aliphatic hydroxyl groups is 1. The number of aliphatic hydroxyl groups excluding tert-OH is 1. The quantitative estimate of drug-likeness (QED) is 0.874. The van der Waals surface area contributed by atoms with Crippen LogP contribution in [0.2, 0.25) is 0 Å². The SMILES string of the molecule is Cc1ccc(Br)cc1C(O)c1cnc(C(F)(F)F)s1. The molecule has 1 aromatic carbocycles. The second-order valence-electron chi connectivity index (χ2n) is 3.97. The molecule has 102 valence electrons. The molecule has 1 atom stereocenters. The molecular weight excluding hydrogens is 343 g/mol. The molecule has 2 aromatic rings. The van der Waals surface area contributed by atoms with Crippen molar-refractivity contribution in [2.45, 2.75) is 19.2 Å². The van der Waals surface area contributed by atoms with Crippen LogP contribution in [0.5, 0.6) is 0 Å². The minimum absolute atomic E-state index is 0.175. The first-order chi connectivity index (χ1) is 8.79. The first-order valence-electron chi connectivity index (χ1n) is 5.26. The maximum atomic E-state index is 12.5. The van der Waals surface area contributed by atoms with Crippen LogP contribution in [-0.4, -0.2) is 10.1 Å². The minimum Gasteiger partial charge on any atom is -0.383 e. The first kappa shape index (κ1) is 14.5. The van der Waals surface area contributed by atoms with E-state index in [1.54, 1.807) is 25.1 Å². The monoisotopic (exact) mass is 351 g/mol. The Balaban J connectivity index is 2.36. The summed E-state index contributed by atoms with van der Waals surface area (Å²) in [6.45, 7) is 1.79. The molecule has 1 unspecified atom stereocenters. The highest BCUT2D eigenvalue weighted by Gasteiger charge is 2.35. The lowest BCUT2D eigenvalue weighted by Gasteiger charge is -2.12. The highest BCUT2D eigenvalue weighted by atomic mass is 79.9. The number of hydrogen-bond acceptors (Lipinski definition) is 3. The number of benzene rings is 1. The van der Waals surface area contributed by atoms with E-state index < -0.39 is 17.3 Å². The van der Waals surface area contributed by atoms with Crippen molar-refractivity contribution in [3.8, 4) is 0 Å². The third-order valence-electron chi connectivity index (χ3n) is 2.57. The van der Waals surface area contributed by atoms with E-state index in [0.717, 1.165) is 16.2 Å². The van der Waals surface area contributed by atoms with Gasteiger partial charge in [0.15, 0.2) is 5.01 Å². The largest absolute Gasteiger partial charge is 0.443 e. The van der Waals surface area contributed by atoms with Crippen LogP contribution in [0.3, 0.4) is 0 Å². The Hall–Kier alpha value is -0.920. The van der Waals surface area contributed by atoms with Gasteiger partial charge in [-0.25, -0.2) is 4.98 Å². The third-order valence-corrected chi connectivity index (χ3v) is 4.16. The topological polar surface area (TPSA) is 33.1 Å². The zero-order valence-corrected chi connectivity index (χ0v) is 12.1. The molecule has 1 N–H and O–H groups in total. The van der Waals surface area contributed by atoms with Crippen molar-refractivity contribution in [2.75, 3.05) is 0 Å². The van der Waals surface area contributed by atoms with Gasteiger partial charge in [0, 0.05) is 10.7 Å². The summed E-state index contributed by atoms with van der Waals surface area (Å²) in [7, 11) is 0. The summed E-state index contributed by atoms with van der Waals surface area (Å²) in [4.78, 5) is 3.48. The third kappa shape index (κ3) is 3.16. The van der Waals surface area contributed by atoms with Gasteiger partial charge in [-0.3, -0.25) is 0 Å². The standard InChI is InChI=1S/C12H9BrF3NOS/c1-6-2-3-7(13)4-8(6)10(18)9-5-17-11(19-9)12(14,15)16/h2-5,10,18H,1H3. The molecule has 19 heavy (non-hydrogen) atoms. The molecule has 0 spiro atoms. The van der Waals surface area contributed by atoms with E-state index in [-0.39, 0.29) is 4.88 Å². The van der Waals surface area contributed by atoms with Gasteiger partial charge < -0.3 is 5.11 Å². The highest BCUT2D eigenvalue weighted by molar-refractivity contribution is 9.10. The molecule has 0 aliphatic carbocycles. The van der Waals surface area contributed by atoms with E-state index in [9.17, 15) is 18.3 Å². The van der Waals surface area contributed by atoms with E-state index in [0.29, 0.717) is 16.9 Å². The van der Waals surface area contributed by atoms with Crippen molar-refractivity contribution in [2.24, 2.45) is 0 Å². The van der Waals surface area contributed by atoms with E-state index in [4.69, 9.17) is 0 Å². The van der Waals surface area contributed by atoms with E-state index in [1.165, 1.54) is 0 Å². The fourth-order valence-electron chi connectivity index (χ4n) is 1.60. The van der Waals surface area contributed by atoms with E-state index >= 15 is 0 Å². The number of aromatic nitrogens is 1. The summed E-state index contributed by atoms with van der Waals surface area (Å²) in [5.41, 5.74) is 1.37. The Morgan fingerprint density at radius 3 is 2.63 bits per heavy atom. The van der Waals surface area contributed by atoms with Gasteiger partial charge in [-0.15, -0.1) is 11.3 Å². The van der Waals surface area contributed by atoms with Crippen molar-refractivity contribution >= 4 is 27.3 Å². The zero-order valence-electron chi connectivity index (χ0n) is 9.70. The number of halogens is 4. The lowest BCUT2D eigenvalue weighted by atomic mass is 10.0.